The van der Waals surface area contributed by atoms with Crippen molar-refractivity contribution in [1.29, 1.82) is 0 Å². The van der Waals surface area contributed by atoms with Gasteiger partial charge in [-0.05, 0) is 41.5 Å². The summed E-state index contributed by atoms with van der Waals surface area (Å²) in [4.78, 5) is 16.1. The van der Waals surface area contributed by atoms with E-state index in [4.69, 9.17) is 5.73 Å². The Morgan fingerprint density at radius 3 is 2.16 bits per heavy atom. The highest BCUT2D eigenvalue weighted by atomic mass is 19.4. The van der Waals surface area contributed by atoms with Gasteiger partial charge in [0.2, 0.25) is 0 Å². The van der Waals surface area contributed by atoms with Crippen LogP contribution in [0.25, 0.3) is 16.9 Å². The minimum Gasteiger partial charge on any atom is -0.372 e. The molecule has 1 amide bonds. The second kappa shape index (κ2) is 7.93. The normalized spacial score (nSPS) is 13.5. The van der Waals surface area contributed by atoms with E-state index in [1.54, 1.807) is 42.5 Å². The van der Waals surface area contributed by atoms with Gasteiger partial charge in [-0.25, -0.2) is 4.68 Å². The van der Waals surface area contributed by atoms with Crippen molar-refractivity contribution in [3.8, 4) is 16.9 Å². The summed E-state index contributed by atoms with van der Waals surface area (Å²) in [7, 11) is 0. The molecule has 1 atom stereocenters. The van der Waals surface area contributed by atoms with Gasteiger partial charge in [-0.2, -0.15) is 18.3 Å². The Bertz CT molecular complexity index is 1240. The first-order chi connectivity index (χ1) is 15.2. The molecule has 0 aliphatic heterocycles. The summed E-state index contributed by atoms with van der Waals surface area (Å²) in [5.41, 5.74) is 3.70. The Morgan fingerprint density at radius 1 is 0.938 bits per heavy atom. The molecule has 0 bridgehead atoms. The van der Waals surface area contributed by atoms with Crippen LogP contribution in [0, 0.1) is 0 Å². The average Bonchev–Trinajstić information content (AvgIpc) is 3.26. The fourth-order valence-electron chi connectivity index (χ4n) is 3.41. The van der Waals surface area contributed by atoms with Crippen LogP contribution in [-0.4, -0.2) is 25.8 Å². The number of halogens is 3. The highest BCUT2D eigenvalue weighted by molar-refractivity contribution is 5.88. The number of primary amides is 1. The molecule has 0 fully saturated rings. The standard InChI is InChI=1S/C23H17F3N4O2/c24-23(25,26)20-13-19(15-5-4-12-28-14-15)30(29-20)18-10-8-17(9-11-18)22(32,21(27)31)16-6-2-1-3-7-16/h1-14,32H,(H2,27,31). The van der Waals surface area contributed by atoms with Gasteiger partial charge in [0, 0.05) is 18.0 Å². The summed E-state index contributed by atoms with van der Waals surface area (Å²) < 4.78 is 41.1. The smallest absolute Gasteiger partial charge is 0.372 e. The Labute approximate surface area is 180 Å². The van der Waals surface area contributed by atoms with Crippen LogP contribution in [-0.2, 0) is 16.6 Å². The first kappa shape index (κ1) is 21.3. The molecule has 6 nitrogen and oxygen atoms in total. The van der Waals surface area contributed by atoms with Gasteiger partial charge in [0.05, 0.1) is 11.4 Å². The lowest BCUT2D eigenvalue weighted by Crippen LogP contribution is -2.42. The van der Waals surface area contributed by atoms with Crippen LogP contribution in [0.4, 0.5) is 13.2 Å². The van der Waals surface area contributed by atoms with Crippen molar-refractivity contribution in [3.63, 3.8) is 0 Å². The lowest BCUT2D eigenvalue weighted by atomic mass is 9.85. The summed E-state index contributed by atoms with van der Waals surface area (Å²) >= 11 is 0. The van der Waals surface area contributed by atoms with Crippen molar-refractivity contribution < 1.29 is 23.1 Å². The van der Waals surface area contributed by atoms with E-state index in [1.807, 2.05) is 0 Å². The number of pyridine rings is 1. The third-order valence-electron chi connectivity index (χ3n) is 5.03. The molecular weight excluding hydrogens is 421 g/mol. The topological polar surface area (TPSA) is 94.0 Å². The maximum absolute atomic E-state index is 13.3. The van der Waals surface area contributed by atoms with E-state index in [-0.39, 0.29) is 16.8 Å². The van der Waals surface area contributed by atoms with Gasteiger partial charge < -0.3 is 10.8 Å². The summed E-state index contributed by atoms with van der Waals surface area (Å²) in [6, 6.07) is 18.1. The SMILES string of the molecule is NC(=O)C(O)(c1ccccc1)c1ccc(-n2nc(C(F)(F)F)cc2-c2cccnc2)cc1. The first-order valence-electron chi connectivity index (χ1n) is 9.47. The fraction of sp³-hybridized carbons (Fsp3) is 0.0870. The number of rotatable bonds is 5. The third-order valence-corrected chi connectivity index (χ3v) is 5.03. The van der Waals surface area contributed by atoms with Crippen LogP contribution in [0.2, 0.25) is 0 Å². The summed E-state index contributed by atoms with van der Waals surface area (Å²) in [6.07, 6.45) is -1.69. The molecule has 9 heteroatoms. The van der Waals surface area contributed by atoms with Crippen molar-refractivity contribution in [2.75, 3.05) is 0 Å². The van der Waals surface area contributed by atoms with Crippen LogP contribution < -0.4 is 5.73 Å². The number of aromatic nitrogens is 3. The number of nitrogens with two attached hydrogens (primary N) is 1. The van der Waals surface area contributed by atoms with Crippen molar-refractivity contribution >= 4 is 5.91 Å². The molecule has 0 spiro atoms. The van der Waals surface area contributed by atoms with E-state index in [0.29, 0.717) is 11.3 Å². The lowest BCUT2D eigenvalue weighted by Gasteiger charge is -2.26. The van der Waals surface area contributed by atoms with E-state index >= 15 is 0 Å². The van der Waals surface area contributed by atoms with Gasteiger partial charge in [0.1, 0.15) is 0 Å². The molecule has 0 saturated heterocycles. The summed E-state index contributed by atoms with van der Waals surface area (Å²) in [6.45, 7) is 0. The second-order valence-electron chi connectivity index (χ2n) is 7.05. The number of carbonyl (C=O) groups excluding carboxylic acids is 1. The largest absolute Gasteiger partial charge is 0.435 e. The van der Waals surface area contributed by atoms with Gasteiger partial charge in [0.25, 0.3) is 5.91 Å². The van der Waals surface area contributed by atoms with Crippen molar-refractivity contribution in [2.45, 2.75) is 11.8 Å². The predicted molar refractivity (Wildman–Crippen MR) is 110 cm³/mol. The monoisotopic (exact) mass is 438 g/mol. The number of benzene rings is 2. The van der Waals surface area contributed by atoms with Crippen LogP contribution in [0.3, 0.4) is 0 Å². The number of amides is 1. The van der Waals surface area contributed by atoms with Crippen LogP contribution in [0.15, 0.2) is 85.2 Å². The highest BCUT2D eigenvalue weighted by Gasteiger charge is 2.38. The molecule has 162 valence electrons. The number of alkyl halides is 3. The van der Waals surface area contributed by atoms with Gasteiger partial charge in [-0.15, -0.1) is 0 Å². The molecule has 0 aliphatic rings. The molecule has 2 aromatic carbocycles. The Morgan fingerprint density at radius 2 is 1.59 bits per heavy atom. The van der Waals surface area contributed by atoms with E-state index < -0.39 is 23.4 Å². The van der Waals surface area contributed by atoms with E-state index in [0.717, 1.165) is 10.7 Å². The van der Waals surface area contributed by atoms with Crippen molar-refractivity contribution in [2.24, 2.45) is 5.73 Å². The predicted octanol–water partition coefficient (Wildman–Crippen LogP) is 3.67. The zero-order chi connectivity index (χ0) is 22.9. The molecule has 32 heavy (non-hydrogen) atoms. The molecule has 3 N–H and O–H groups in total. The van der Waals surface area contributed by atoms with Gasteiger partial charge in [0.15, 0.2) is 11.3 Å². The van der Waals surface area contributed by atoms with Crippen molar-refractivity contribution in [3.05, 3.63) is 102 Å². The molecule has 2 aromatic heterocycles. The first-order valence-corrected chi connectivity index (χ1v) is 9.47. The minimum absolute atomic E-state index is 0.172. The number of aliphatic hydroxyl groups is 1. The molecule has 0 aliphatic carbocycles. The van der Waals surface area contributed by atoms with E-state index in [1.165, 1.54) is 36.7 Å². The molecule has 2 heterocycles. The second-order valence-corrected chi connectivity index (χ2v) is 7.05. The zero-order valence-electron chi connectivity index (χ0n) is 16.5. The molecular formula is C23H17F3N4O2. The molecule has 0 saturated carbocycles. The summed E-state index contributed by atoms with van der Waals surface area (Å²) in [5, 5.41) is 14.8. The third kappa shape index (κ3) is 3.74. The van der Waals surface area contributed by atoms with Crippen LogP contribution in [0.1, 0.15) is 16.8 Å². The van der Waals surface area contributed by atoms with E-state index in [2.05, 4.69) is 10.1 Å². The van der Waals surface area contributed by atoms with Crippen LogP contribution in [0.5, 0.6) is 0 Å². The summed E-state index contributed by atoms with van der Waals surface area (Å²) in [5.74, 6) is -0.981. The van der Waals surface area contributed by atoms with Crippen molar-refractivity contribution in [1.82, 2.24) is 14.8 Å². The lowest BCUT2D eigenvalue weighted by molar-refractivity contribution is -0.141. The number of carbonyl (C=O) groups is 1. The number of hydrogen-bond donors (Lipinski definition) is 2. The fourth-order valence-corrected chi connectivity index (χ4v) is 3.41. The maximum atomic E-state index is 13.3. The Hall–Kier alpha value is -3.98. The minimum atomic E-state index is -4.64. The van der Waals surface area contributed by atoms with E-state index in [9.17, 15) is 23.1 Å². The molecule has 0 radical (unpaired) electrons. The molecule has 4 aromatic rings. The van der Waals surface area contributed by atoms with Gasteiger partial charge in [-0.1, -0.05) is 42.5 Å². The average molecular weight is 438 g/mol. The molecule has 4 rings (SSSR count). The Kier molecular flexibility index (Phi) is 5.27. The van der Waals surface area contributed by atoms with Gasteiger partial charge in [-0.3, -0.25) is 9.78 Å². The quantitative estimate of drug-likeness (QED) is 0.497. The molecule has 1 unspecified atom stereocenters. The number of hydrogen-bond acceptors (Lipinski definition) is 4. The van der Waals surface area contributed by atoms with Gasteiger partial charge >= 0.3 is 6.18 Å². The van der Waals surface area contributed by atoms with Crippen LogP contribution >= 0.6 is 0 Å². The zero-order valence-corrected chi connectivity index (χ0v) is 16.5. The maximum Gasteiger partial charge on any atom is 0.435 e. The Balaban J connectivity index is 1.81. The highest BCUT2D eigenvalue weighted by Crippen LogP contribution is 2.34. The number of nitrogens with zero attached hydrogens (tertiary/aromatic N) is 3.